The molecule has 1 aromatic rings. The Bertz CT molecular complexity index is 436. The van der Waals surface area contributed by atoms with Gasteiger partial charge in [0.25, 0.3) is 0 Å². The number of anilines is 1. The third-order valence-electron chi connectivity index (χ3n) is 3.20. The number of carbonyl (C=O) groups excluding carboxylic acids is 1. The first-order valence-electron chi connectivity index (χ1n) is 6.15. The highest BCUT2D eigenvalue weighted by Crippen LogP contribution is 2.33. The van der Waals surface area contributed by atoms with Crippen molar-refractivity contribution in [1.29, 1.82) is 0 Å². The fourth-order valence-corrected chi connectivity index (χ4v) is 3.53. The average Bonchev–Trinajstić information content (AvgIpc) is 2.95. The Kier molecular flexibility index (Phi) is 4.45. The monoisotopic (exact) mass is 288 g/mol. The van der Waals surface area contributed by atoms with E-state index in [4.69, 9.17) is 11.6 Å². The molecule has 0 radical (unpaired) electrons. The number of nitrogens with zero attached hydrogens (tertiary/aromatic N) is 2. The van der Waals surface area contributed by atoms with Crippen molar-refractivity contribution in [2.45, 2.75) is 26.2 Å². The maximum absolute atomic E-state index is 11.5. The van der Waals surface area contributed by atoms with Gasteiger partial charge in [0.1, 0.15) is 0 Å². The van der Waals surface area contributed by atoms with Gasteiger partial charge in [-0.05, 0) is 18.8 Å². The SMILES string of the molecule is CCCC1CCN(c2nc(Cl)c(C(=O)OC)s2)C1. The molecule has 100 valence electrons. The van der Waals surface area contributed by atoms with E-state index in [1.807, 2.05) is 0 Å². The van der Waals surface area contributed by atoms with Gasteiger partial charge in [0, 0.05) is 13.1 Å². The van der Waals surface area contributed by atoms with Crippen molar-refractivity contribution in [1.82, 2.24) is 4.98 Å². The Morgan fingerprint density at radius 1 is 1.67 bits per heavy atom. The van der Waals surface area contributed by atoms with Crippen molar-refractivity contribution in [2.24, 2.45) is 5.92 Å². The van der Waals surface area contributed by atoms with Crippen molar-refractivity contribution >= 4 is 34.0 Å². The highest BCUT2D eigenvalue weighted by atomic mass is 35.5. The van der Waals surface area contributed by atoms with Gasteiger partial charge in [0.15, 0.2) is 15.2 Å². The number of rotatable bonds is 4. The van der Waals surface area contributed by atoms with Crippen LogP contribution in [-0.4, -0.2) is 31.2 Å². The molecule has 6 heteroatoms. The van der Waals surface area contributed by atoms with Crippen LogP contribution >= 0.6 is 22.9 Å². The fraction of sp³-hybridized carbons (Fsp3) is 0.667. The summed E-state index contributed by atoms with van der Waals surface area (Å²) in [7, 11) is 1.35. The van der Waals surface area contributed by atoms with Crippen LogP contribution in [0.25, 0.3) is 0 Å². The van der Waals surface area contributed by atoms with E-state index in [1.54, 1.807) is 0 Å². The molecule has 1 aliphatic rings. The Labute approximate surface area is 116 Å². The molecule has 0 spiro atoms. The summed E-state index contributed by atoms with van der Waals surface area (Å²) in [5, 5.41) is 1.08. The number of hydrogen-bond donors (Lipinski definition) is 0. The van der Waals surface area contributed by atoms with Crippen molar-refractivity contribution in [3.8, 4) is 0 Å². The minimum absolute atomic E-state index is 0.251. The van der Waals surface area contributed by atoms with Gasteiger partial charge < -0.3 is 9.64 Å². The van der Waals surface area contributed by atoms with E-state index in [9.17, 15) is 4.79 Å². The van der Waals surface area contributed by atoms with Gasteiger partial charge in [-0.2, -0.15) is 0 Å². The van der Waals surface area contributed by atoms with Gasteiger partial charge >= 0.3 is 5.97 Å². The lowest BCUT2D eigenvalue weighted by Gasteiger charge is -2.14. The van der Waals surface area contributed by atoms with E-state index in [-0.39, 0.29) is 5.15 Å². The van der Waals surface area contributed by atoms with Gasteiger partial charge in [-0.25, -0.2) is 9.78 Å². The van der Waals surface area contributed by atoms with E-state index in [0.29, 0.717) is 4.88 Å². The van der Waals surface area contributed by atoms with Crippen molar-refractivity contribution in [3.63, 3.8) is 0 Å². The predicted molar refractivity (Wildman–Crippen MR) is 73.7 cm³/mol. The van der Waals surface area contributed by atoms with E-state index in [1.165, 1.54) is 37.7 Å². The minimum atomic E-state index is -0.409. The highest BCUT2D eigenvalue weighted by molar-refractivity contribution is 7.18. The van der Waals surface area contributed by atoms with E-state index in [2.05, 4.69) is 21.5 Å². The number of carbonyl (C=O) groups is 1. The second kappa shape index (κ2) is 5.89. The van der Waals surface area contributed by atoms with Crippen LogP contribution in [0.1, 0.15) is 35.9 Å². The molecule has 1 fully saturated rings. The number of ether oxygens (including phenoxy) is 1. The molecule has 0 saturated carbocycles. The lowest BCUT2D eigenvalue weighted by atomic mass is 10.0. The van der Waals surface area contributed by atoms with E-state index in [0.717, 1.165) is 24.1 Å². The normalized spacial score (nSPS) is 19.3. The smallest absolute Gasteiger partial charge is 0.351 e. The van der Waals surface area contributed by atoms with Crippen LogP contribution in [0.3, 0.4) is 0 Å². The zero-order chi connectivity index (χ0) is 13.1. The Hall–Kier alpha value is -0.810. The van der Waals surface area contributed by atoms with Crippen LogP contribution in [0.2, 0.25) is 5.15 Å². The maximum Gasteiger partial charge on any atom is 0.351 e. The molecule has 18 heavy (non-hydrogen) atoms. The average molecular weight is 289 g/mol. The molecular formula is C12H17ClN2O2S. The predicted octanol–water partition coefficient (Wildman–Crippen LogP) is 3.21. The summed E-state index contributed by atoms with van der Waals surface area (Å²) in [5.41, 5.74) is 0. The van der Waals surface area contributed by atoms with Crippen LogP contribution in [0.4, 0.5) is 5.13 Å². The zero-order valence-corrected chi connectivity index (χ0v) is 12.2. The number of methoxy groups -OCH3 is 1. The van der Waals surface area contributed by atoms with Crippen molar-refractivity contribution in [2.75, 3.05) is 25.1 Å². The standard InChI is InChI=1S/C12H17ClN2O2S/c1-3-4-8-5-6-15(7-8)12-14-10(13)9(18-12)11(16)17-2/h8H,3-7H2,1-2H3. The molecule has 0 N–H and O–H groups in total. The Morgan fingerprint density at radius 3 is 3.11 bits per heavy atom. The van der Waals surface area contributed by atoms with E-state index >= 15 is 0 Å². The molecule has 1 aliphatic heterocycles. The molecule has 2 rings (SSSR count). The van der Waals surface area contributed by atoms with Gasteiger partial charge in [0.2, 0.25) is 0 Å². The molecule has 0 aromatic carbocycles. The van der Waals surface area contributed by atoms with Crippen LogP contribution in [-0.2, 0) is 4.74 Å². The third kappa shape index (κ3) is 2.78. The van der Waals surface area contributed by atoms with Crippen LogP contribution in [0, 0.1) is 5.92 Å². The summed E-state index contributed by atoms with van der Waals surface area (Å²) in [4.78, 5) is 18.3. The van der Waals surface area contributed by atoms with Gasteiger partial charge in [0.05, 0.1) is 7.11 Å². The number of halogens is 1. The first-order chi connectivity index (χ1) is 8.65. The molecule has 0 bridgehead atoms. The third-order valence-corrected chi connectivity index (χ3v) is 4.68. The van der Waals surface area contributed by atoms with Gasteiger partial charge in [-0.1, -0.05) is 36.3 Å². The van der Waals surface area contributed by atoms with Gasteiger partial charge in [-0.3, -0.25) is 0 Å². The van der Waals surface area contributed by atoms with Crippen LogP contribution in [0.15, 0.2) is 0 Å². The Balaban J connectivity index is 2.08. The zero-order valence-electron chi connectivity index (χ0n) is 10.6. The first kappa shape index (κ1) is 13.6. The molecule has 0 amide bonds. The van der Waals surface area contributed by atoms with E-state index < -0.39 is 5.97 Å². The molecule has 1 unspecified atom stereocenters. The molecule has 1 saturated heterocycles. The van der Waals surface area contributed by atoms with Crippen molar-refractivity contribution < 1.29 is 9.53 Å². The summed E-state index contributed by atoms with van der Waals surface area (Å²) in [6, 6.07) is 0. The Morgan fingerprint density at radius 2 is 2.44 bits per heavy atom. The lowest BCUT2D eigenvalue weighted by Crippen LogP contribution is -2.19. The number of aromatic nitrogens is 1. The molecule has 4 nitrogen and oxygen atoms in total. The molecule has 1 atom stereocenters. The largest absolute Gasteiger partial charge is 0.465 e. The summed E-state index contributed by atoms with van der Waals surface area (Å²) < 4.78 is 4.68. The number of esters is 1. The highest BCUT2D eigenvalue weighted by Gasteiger charge is 2.26. The molecular weight excluding hydrogens is 272 g/mol. The molecule has 1 aromatic heterocycles. The summed E-state index contributed by atoms with van der Waals surface area (Å²) in [6.07, 6.45) is 3.66. The second-order valence-corrected chi connectivity index (χ2v) is 5.83. The lowest BCUT2D eigenvalue weighted by molar-refractivity contribution is 0.0606. The fourth-order valence-electron chi connectivity index (χ4n) is 2.30. The topological polar surface area (TPSA) is 42.4 Å². The molecule has 2 heterocycles. The quantitative estimate of drug-likeness (QED) is 0.798. The number of thiazole rings is 1. The second-order valence-electron chi connectivity index (χ2n) is 4.50. The summed E-state index contributed by atoms with van der Waals surface area (Å²) in [5.74, 6) is 0.326. The van der Waals surface area contributed by atoms with Crippen molar-refractivity contribution in [3.05, 3.63) is 10.0 Å². The number of hydrogen-bond acceptors (Lipinski definition) is 5. The minimum Gasteiger partial charge on any atom is -0.465 e. The first-order valence-corrected chi connectivity index (χ1v) is 7.34. The maximum atomic E-state index is 11.5. The summed E-state index contributed by atoms with van der Waals surface area (Å²) >= 11 is 7.28. The van der Waals surface area contributed by atoms with Crippen LogP contribution < -0.4 is 4.90 Å². The summed E-state index contributed by atoms with van der Waals surface area (Å²) in [6.45, 7) is 4.21. The molecule has 0 aliphatic carbocycles. The van der Waals surface area contributed by atoms with Gasteiger partial charge in [-0.15, -0.1) is 0 Å². The van der Waals surface area contributed by atoms with Crippen LogP contribution in [0.5, 0.6) is 0 Å².